The normalized spacial score (nSPS) is 15.0. The summed E-state index contributed by atoms with van der Waals surface area (Å²) in [5, 5.41) is 0.389. The Balaban J connectivity index is 1.72. The molecule has 1 aromatic carbocycles. The molecular formula is C15H16ClFN4O. The molecule has 0 spiro atoms. The zero-order valence-electron chi connectivity index (χ0n) is 12.2. The summed E-state index contributed by atoms with van der Waals surface area (Å²) in [5.41, 5.74) is 0.903. The number of piperazine rings is 1. The minimum absolute atomic E-state index is 0.298. The number of benzene rings is 1. The number of hydrogen-bond acceptors (Lipinski definition) is 5. The lowest BCUT2D eigenvalue weighted by Crippen LogP contribution is -2.47. The third-order valence-electron chi connectivity index (χ3n) is 3.68. The van der Waals surface area contributed by atoms with E-state index in [2.05, 4.69) is 19.8 Å². The van der Waals surface area contributed by atoms with Crippen molar-refractivity contribution in [2.24, 2.45) is 0 Å². The van der Waals surface area contributed by atoms with E-state index in [0.717, 1.165) is 37.7 Å². The van der Waals surface area contributed by atoms with Gasteiger partial charge in [0.1, 0.15) is 22.5 Å². The average molecular weight is 323 g/mol. The molecule has 0 atom stereocenters. The van der Waals surface area contributed by atoms with Crippen LogP contribution >= 0.6 is 11.6 Å². The van der Waals surface area contributed by atoms with Gasteiger partial charge >= 0.3 is 0 Å². The minimum atomic E-state index is -0.298. The van der Waals surface area contributed by atoms with Gasteiger partial charge in [-0.1, -0.05) is 11.6 Å². The molecule has 7 heteroatoms. The third-order valence-corrected chi connectivity index (χ3v) is 3.86. The standard InChI is InChI=1S/C15H16ClFN4O/c1-22-13-8-11(17)2-3-12(13)20-4-6-21(7-5-20)15-10-18-9-14(16)19-15/h2-3,8-10H,4-7H2,1H3. The van der Waals surface area contributed by atoms with E-state index < -0.39 is 0 Å². The molecule has 0 bridgehead atoms. The number of aromatic nitrogens is 2. The molecule has 1 saturated heterocycles. The number of methoxy groups -OCH3 is 1. The van der Waals surface area contributed by atoms with Crippen LogP contribution in [0.15, 0.2) is 30.6 Å². The van der Waals surface area contributed by atoms with Crippen LogP contribution in [0, 0.1) is 5.82 Å². The summed E-state index contributed by atoms with van der Waals surface area (Å²) in [6, 6.07) is 4.61. The predicted molar refractivity (Wildman–Crippen MR) is 84.4 cm³/mol. The van der Waals surface area contributed by atoms with E-state index in [1.54, 1.807) is 19.4 Å². The largest absolute Gasteiger partial charge is 0.494 e. The molecule has 3 rings (SSSR count). The summed E-state index contributed by atoms with van der Waals surface area (Å²) in [6.45, 7) is 3.15. The van der Waals surface area contributed by atoms with Crippen LogP contribution in [0.4, 0.5) is 15.9 Å². The summed E-state index contributed by atoms with van der Waals surface area (Å²) in [7, 11) is 1.55. The number of hydrogen-bond donors (Lipinski definition) is 0. The van der Waals surface area contributed by atoms with E-state index in [4.69, 9.17) is 16.3 Å². The number of nitrogens with zero attached hydrogens (tertiary/aromatic N) is 4. The summed E-state index contributed by atoms with van der Waals surface area (Å²) in [5.74, 6) is 1.03. The lowest BCUT2D eigenvalue weighted by atomic mass is 10.2. The summed E-state index contributed by atoms with van der Waals surface area (Å²) in [4.78, 5) is 12.6. The molecule has 1 aromatic heterocycles. The van der Waals surface area contributed by atoms with E-state index in [0.29, 0.717) is 10.9 Å². The SMILES string of the molecule is COc1cc(F)ccc1N1CCN(c2cncc(Cl)n2)CC1. The van der Waals surface area contributed by atoms with E-state index in [-0.39, 0.29) is 5.82 Å². The topological polar surface area (TPSA) is 41.5 Å². The van der Waals surface area contributed by atoms with Gasteiger partial charge in [-0.15, -0.1) is 0 Å². The van der Waals surface area contributed by atoms with Crippen molar-refractivity contribution in [2.75, 3.05) is 43.1 Å². The second kappa shape index (κ2) is 6.36. The second-order valence-corrected chi connectivity index (χ2v) is 5.38. The van der Waals surface area contributed by atoms with Crippen LogP contribution in [-0.2, 0) is 0 Å². The molecule has 2 aromatic rings. The molecule has 0 saturated carbocycles. The van der Waals surface area contributed by atoms with Crippen molar-refractivity contribution < 1.29 is 9.13 Å². The Kier molecular flexibility index (Phi) is 4.29. The molecular weight excluding hydrogens is 307 g/mol. The lowest BCUT2D eigenvalue weighted by molar-refractivity contribution is 0.410. The van der Waals surface area contributed by atoms with Gasteiger partial charge in [-0.2, -0.15) is 0 Å². The van der Waals surface area contributed by atoms with Gasteiger partial charge in [0.25, 0.3) is 0 Å². The van der Waals surface area contributed by atoms with Crippen molar-refractivity contribution in [3.8, 4) is 5.75 Å². The van der Waals surface area contributed by atoms with Crippen LogP contribution in [0.25, 0.3) is 0 Å². The highest BCUT2D eigenvalue weighted by Gasteiger charge is 2.21. The fourth-order valence-corrected chi connectivity index (χ4v) is 2.72. The Labute approximate surface area is 133 Å². The van der Waals surface area contributed by atoms with Crippen LogP contribution < -0.4 is 14.5 Å². The van der Waals surface area contributed by atoms with Crippen LogP contribution in [0.1, 0.15) is 0 Å². The highest BCUT2D eigenvalue weighted by Crippen LogP contribution is 2.30. The summed E-state index contributed by atoms with van der Waals surface area (Å²) >= 11 is 5.88. The van der Waals surface area contributed by atoms with Crippen LogP contribution in [0.2, 0.25) is 5.15 Å². The van der Waals surface area contributed by atoms with Crippen LogP contribution in [-0.4, -0.2) is 43.3 Å². The predicted octanol–water partition coefficient (Wildman–Crippen LogP) is 2.60. The minimum Gasteiger partial charge on any atom is -0.494 e. The Bertz CT molecular complexity index is 662. The summed E-state index contributed by atoms with van der Waals surface area (Å²) < 4.78 is 18.6. The van der Waals surface area contributed by atoms with Gasteiger partial charge in [0, 0.05) is 32.2 Å². The summed E-state index contributed by atoms with van der Waals surface area (Å²) in [6.07, 6.45) is 3.23. The highest BCUT2D eigenvalue weighted by atomic mass is 35.5. The van der Waals surface area contributed by atoms with Gasteiger partial charge in [0.2, 0.25) is 0 Å². The van der Waals surface area contributed by atoms with Gasteiger partial charge in [-0.3, -0.25) is 4.98 Å². The first kappa shape index (κ1) is 14.8. The van der Waals surface area contributed by atoms with E-state index in [1.807, 2.05) is 0 Å². The maximum atomic E-state index is 13.3. The molecule has 5 nitrogen and oxygen atoms in total. The van der Waals surface area contributed by atoms with E-state index in [9.17, 15) is 4.39 Å². The van der Waals surface area contributed by atoms with Gasteiger partial charge < -0.3 is 14.5 Å². The number of ether oxygens (including phenoxy) is 1. The Morgan fingerprint density at radius 3 is 2.55 bits per heavy atom. The Morgan fingerprint density at radius 1 is 1.14 bits per heavy atom. The van der Waals surface area contributed by atoms with Crippen molar-refractivity contribution in [2.45, 2.75) is 0 Å². The van der Waals surface area contributed by atoms with E-state index in [1.165, 1.54) is 18.3 Å². The third kappa shape index (κ3) is 3.06. The molecule has 0 aliphatic carbocycles. The second-order valence-electron chi connectivity index (χ2n) is 4.99. The van der Waals surface area contributed by atoms with E-state index >= 15 is 0 Å². The molecule has 22 heavy (non-hydrogen) atoms. The van der Waals surface area contributed by atoms with Crippen molar-refractivity contribution in [1.29, 1.82) is 0 Å². The van der Waals surface area contributed by atoms with Gasteiger partial charge in [0.05, 0.1) is 25.2 Å². The zero-order chi connectivity index (χ0) is 15.5. The fraction of sp³-hybridized carbons (Fsp3) is 0.333. The first-order valence-electron chi connectivity index (χ1n) is 6.98. The first-order chi connectivity index (χ1) is 10.7. The average Bonchev–Trinajstić information content (AvgIpc) is 2.55. The molecule has 0 amide bonds. The smallest absolute Gasteiger partial charge is 0.149 e. The van der Waals surface area contributed by atoms with Crippen molar-refractivity contribution >= 4 is 23.1 Å². The van der Waals surface area contributed by atoms with Crippen molar-refractivity contribution in [3.05, 3.63) is 41.6 Å². The lowest BCUT2D eigenvalue weighted by Gasteiger charge is -2.37. The number of anilines is 2. The molecule has 2 heterocycles. The monoisotopic (exact) mass is 322 g/mol. The molecule has 1 aliphatic heterocycles. The Hall–Kier alpha value is -2.08. The first-order valence-corrected chi connectivity index (χ1v) is 7.36. The number of halogens is 2. The van der Waals surface area contributed by atoms with Crippen molar-refractivity contribution in [1.82, 2.24) is 9.97 Å². The fourth-order valence-electron chi connectivity index (χ4n) is 2.57. The van der Waals surface area contributed by atoms with Crippen LogP contribution in [0.5, 0.6) is 5.75 Å². The zero-order valence-corrected chi connectivity index (χ0v) is 12.9. The quantitative estimate of drug-likeness (QED) is 0.869. The molecule has 1 aliphatic rings. The molecule has 116 valence electrons. The van der Waals surface area contributed by atoms with Gasteiger partial charge in [0.15, 0.2) is 0 Å². The number of rotatable bonds is 3. The molecule has 0 N–H and O–H groups in total. The molecule has 1 fully saturated rings. The molecule has 0 unspecified atom stereocenters. The van der Waals surface area contributed by atoms with Crippen LogP contribution in [0.3, 0.4) is 0 Å². The maximum absolute atomic E-state index is 13.3. The molecule has 0 radical (unpaired) electrons. The van der Waals surface area contributed by atoms with Gasteiger partial charge in [-0.05, 0) is 12.1 Å². The van der Waals surface area contributed by atoms with Gasteiger partial charge in [-0.25, -0.2) is 9.37 Å². The van der Waals surface area contributed by atoms with Crippen molar-refractivity contribution in [3.63, 3.8) is 0 Å². The Morgan fingerprint density at radius 2 is 1.86 bits per heavy atom. The highest BCUT2D eigenvalue weighted by molar-refractivity contribution is 6.29. The maximum Gasteiger partial charge on any atom is 0.149 e.